The molecule has 1 rings (SSSR count). The van der Waals surface area contributed by atoms with Crippen LogP contribution in [0, 0.1) is 0 Å². The SMILES string of the molecule is C=C([CH]=[V])Oc1cccc(OC(C)C)c1. The van der Waals surface area contributed by atoms with E-state index in [1.807, 2.05) is 38.1 Å². The Hall–Kier alpha value is -0.986. The predicted molar refractivity (Wildman–Crippen MR) is 58.0 cm³/mol. The molecule has 0 aliphatic carbocycles. The van der Waals surface area contributed by atoms with Gasteiger partial charge in [-0.15, -0.1) is 0 Å². The van der Waals surface area contributed by atoms with Crippen molar-refractivity contribution in [2.75, 3.05) is 0 Å². The van der Waals surface area contributed by atoms with Gasteiger partial charge < -0.3 is 0 Å². The van der Waals surface area contributed by atoms with Crippen LogP contribution in [0.5, 0.6) is 11.5 Å². The monoisotopic (exact) mass is 241 g/mol. The summed E-state index contributed by atoms with van der Waals surface area (Å²) in [6.45, 7) is 7.70. The van der Waals surface area contributed by atoms with Crippen molar-refractivity contribution in [3.63, 3.8) is 0 Å². The van der Waals surface area contributed by atoms with E-state index in [4.69, 9.17) is 9.47 Å². The minimum atomic E-state index is 0.165. The fraction of sp³-hybridized carbons (Fsp3) is 0.250. The van der Waals surface area contributed by atoms with Crippen LogP contribution in [-0.2, 0) is 17.0 Å². The third-order valence-electron chi connectivity index (χ3n) is 1.57. The van der Waals surface area contributed by atoms with Crippen LogP contribution in [0.15, 0.2) is 36.6 Å². The fourth-order valence-electron chi connectivity index (χ4n) is 1.06. The van der Waals surface area contributed by atoms with Gasteiger partial charge in [0.15, 0.2) is 0 Å². The van der Waals surface area contributed by atoms with Gasteiger partial charge >= 0.3 is 99.2 Å². The Balaban J connectivity index is 2.73. The van der Waals surface area contributed by atoms with Crippen LogP contribution < -0.4 is 9.47 Å². The van der Waals surface area contributed by atoms with E-state index in [1.165, 1.54) is 0 Å². The predicted octanol–water partition coefficient (Wildman–Crippen LogP) is 2.72. The average Bonchev–Trinajstić information content (AvgIpc) is 2.17. The van der Waals surface area contributed by atoms with Gasteiger partial charge in [0, 0.05) is 0 Å². The molecule has 3 heteroatoms. The number of allylic oxidation sites excluding steroid dienone is 1. The van der Waals surface area contributed by atoms with E-state index in [9.17, 15) is 0 Å². The molecule has 1 aromatic rings. The molecule has 0 spiro atoms. The van der Waals surface area contributed by atoms with Crippen LogP contribution in [0.1, 0.15) is 13.8 Å². The van der Waals surface area contributed by atoms with Gasteiger partial charge in [0.05, 0.1) is 0 Å². The standard InChI is InChI=1S/C12H14O2.V/c1-9(2)13-11-6-5-7-12(8-11)14-10(3)4;/h1,5-8,10H,2H2,3-4H3;. The van der Waals surface area contributed by atoms with Crippen LogP contribution in [0.4, 0.5) is 0 Å². The zero-order valence-corrected chi connectivity index (χ0v) is 10.3. The first kappa shape index (κ1) is 12.1. The second kappa shape index (κ2) is 5.79. The van der Waals surface area contributed by atoms with Gasteiger partial charge in [0.2, 0.25) is 0 Å². The molecule has 0 saturated carbocycles. The van der Waals surface area contributed by atoms with Crippen LogP contribution in [0.3, 0.4) is 0 Å². The summed E-state index contributed by atoms with van der Waals surface area (Å²) in [5.74, 6) is 2.15. The van der Waals surface area contributed by atoms with Crippen molar-refractivity contribution >= 4 is 4.73 Å². The summed E-state index contributed by atoms with van der Waals surface area (Å²) in [5, 5.41) is 0. The third kappa shape index (κ3) is 4.37. The van der Waals surface area contributed by atoms with Gasteiger partial charge in [0.25, 0.3) is 0 Å². The number of hydrogen-bond acceptors (Lipinski definition) is 2. The molecule has 79 valence electrons. The van der Waals surface area contributed by atoms with E-state index < -0.39 is 0 Å². The zero-order valence-electron chi connectivity index (χ0n) is 8.93. The van der Waals surface area contributed by atoms with Gasteiger partial charge in [-0.3, -0.25) is 0 Å². The fourth-order valence-corrected chi connectivity index (χ4v) is 1.14. The van der Waals surface area contributed by atoms with Crippen molar-refractivity contribution in [3.8, 4) is 11.5 Å². The summed E-state index contributed by atoms with van der Waals surface area (Å²) in [5.41, 5.74) is 0. The van der Waals surface area contributed by atoms with E-state index in [0.29, 0.717) is 5.76 Å². The molecule has 0 radical (unpaired) electrons. The third-order valence-corrected chi connectivity index (χ3v) is 2.02. The van der Waals surface area contributed by atoms with E-state index in [1.54, 1.807) is 4.73 Å². The molecule has 0 amide bonds. The van der Waals surface area contributed by atoms with Gasteiger partial charge in [0.1, 0.15) is 0 Å². The first-order valence-corrected chi connectivity index (χ1v) is 5.53. The first-order chi connectivity index (χ1) is 7.11. The van der Waals surface area contributed by atoms with Gasteiger partial charge in [-0.2, -0.15) is 0 Å². The molecule has 0 aromatic heterocycles. The Morgan fingerprint density at radius 3 is 2.67 bits per heavy atom. The molecular weight excluding hydrogens is 227 g/mol. The normalized spacial score (nSPS) is 9.73. The van der Waals surface area contributed by atoms with Crippen molar-refractivity contribution in [1.29, 1.82) is 0 Å². The van der Waals surface area contributed by atoms with Crippen molar-refractivity contribution in [1.82, 2.24) is 0 Å². The molecule has 15 heavy (non-hydrogen) atoms. The Kier molecular flexibility index (Phi) is 4.66. The van der Waals surface area contributed by atoms with E-state index >= 15 is 0 Å². The molecule has 0 heterocycles. The second-order valence-corrected chi connectivity index (χ2v) is 3.74. The maximum atomic E-state index is 5.55. The second-order valence-electron chi connectivity index (χ2n) is 3.34. The molecule has 0 bridgehead atoms. The molecule has 0 atom stereocenters. The number of ether oxygens (including phenoxy) is 2. The Morgan fingerprint density at radius 2 is 2.07 bits per heavy atom. The topological polar surface area (TPSA) is 18.5 Å². The van der Waals surface area contributed by atoms with E-state index in [0.717, 1.165) is 11.5 Å². The molecule has 2 nitrogen and oxygen atoms in total. The molecule has 1 aromatic carbocycles. The van der Waals surface area contributed by atoms with Gasteiger partial charge in [-0.05, 0) is 0 Å². The summed E-state index contributed by atoms with van der Waals surface area (Å²) in [4.78, 5) is 0. The number of hydrogen-bond donors (Lipinski definition) is 0. The average molecular weight is 241 g/mol. The molecule has 0 N–H and O–H groups in total. The summed E-state index contributed by atoms with van der Waals surface area (Å²) < 4.78 is 12.7. The van der Waals surface area contributed by atoms with Crippen molar-refractivity contribution in [2.45, 2.75) is 20.0 Å². The Bertz CT molecular complexity index is 358. The van der Waals surface area contributed by atoms with E-state index in [2.05, 4.69) is 23.6 Å². The summed E-state index contributed by atoms with van der Waals surface area (Å²) in [6.07, 6.45) is 0.165. The quantitative estimate of drug-likeness (QED) is 0.738. The van der Waals surface area contributed by atoms with Crippen molar-refractivity contribution in [2.24, 2.45) is 0 Å². The summed E-state index contributed by atoms with van der Waals surface area (Å²) >= 11 is 2.31. The molecule has 0 saturated heterocycles. The maximum absolute atomic E-state index is 5.55. The van der Waals surface area contributed by atoms with Crippen LogP contribution in [0.2, 0.25) is 0 Å². The molecule has 0 aliphatic heterocycles. The van der Waals surface area contributed by atoms with Crippen molar-refractivity contribution in [3.05, 3.63) is 36.6 Å². The Labute approximate surface area is 99.4 Å². The number of benzene rings is 1. The van der Waals surface area contributed by atoms with Gasteiger partial charge in [-0.1, -0.05) is 0 Å². The molecular formula is C12H14O2V. The zero-order chi connectivity index (χ0) is 11.3. The first-order valence-electron chi connectivity index (χ1n) is 4.72. The molecule has 0 fully saturated rings. The molecule has 0 unspecified atom stereocenters. The van der Waals surface area contributed by atoms with Crippen LogP contribution in [0.25, 0.3) is 0 Å². The minimum absolute atomic E-state index is 0.165. The Morgan fingerprint density at radius 1 is 1.40 bits per heavy atom. The summed E-state index contributed by atoms with van der Waals surface area (Å²) in [6, 6.07) is 7.52. The van der Waals surface area contributed by atoms with Gasteiger partial charge in [-0.25, -0.2) is 0 Å². The molecule has 0 aliphatic rings. The van der Waals surface area contributed by atoms with Crippen LogP contribution in [-0.4, -0.2) is 10.8 Å². The van der Waals surface area contributed by atoms with E-state index in [-0.39, 0.29) is 6.10 Å². The number of rotatable bonds is 5. The van der Waals surface area contributed by atoms with Crippen LogP contribution >= 0.6 is 0 Å². The summed E-state index contributed by atoms with van der Waals surface area (Å²) in [7, 11) is 0. The van der Waals surface area contributed by atoms with Crippen molar-refractivity contribution < 1.29 is 26.5 Å².